The van der Waals surface area contributed by atoms with Gasteiger partial charge in [-0.2, -0.15) is 0 Å². The van der Waals surface area contributed by atoms with Gasteiger partial charge in [-0.1, -0.05) is 36.4 Å². The van der Waals surface area contributed by atoms with Gasteiger partial charge in [0, 0.05) is 24.0 Å². The molecule has 0 saturated carbocycles. The molecule has 0 aliphatic carbocycles. The summed E-state index contributed by atoms with van der Waals surface area (Å²) in [5, 5.41) is 41.3. The van der Waals surface area contributed by atoms with Gasteiger partial charge in [0.2, 0.25) is 0 Å². The molecule has 0 saturated heterocycles. The van der Waals surface area contributed by atoms with E-state index in [1.165, 1.54) is 0 Å². The van der Waals surface area contributed by atoms with Gasteiger partial charge < -0.3 is 20.4 Å². The van der Waals surface area contributed by atoms with Crippen molar-refractivity contribution >= 4 is 0 Å². The van der Waals surface area contributed by atoms with E-state index in [9.17, 15) is 20.4 Å². The molecule has 0 aliphatic heterocycles. The summed E-state index contributed by atoms with van der Waals surface area (Å²) in [7, 11) is 0. The second kappa shape index (κ2) is 9.98. The zero-order valence-electron chi connectivity index (χ0n) is 21.6. The monoisotopic (exact) mass is 482 g/mol. The van der Waals surface area contributed by atoms with Crippen LogP contribution in [0.1, 0.15) is 61.2 Å². The van der Waals surface area contributed by atoms with Crippen LogP contribution >= 0.6 is 0 Å². The molecule has 0 spiro atoms. The van der Waals surface area contributed by atoms with Gasteiger partial charge in [-0.25, -0.2) is 0 Å². The summed E-state index contributed by atoms with van der Waals surface area (Å²) in [4.78, 5) is 0. The SMILES string of the molecule is Cc1cc(Cc2c(C)c(Cc3cc(C)c(O)c(Cc4ccc(O)cc4)c3C)cc(C)c2O)ccc1O. The Hall–Kier alpha value is -3.92. The second-order valence-electron chi connectivity index (χ2n) is 9.93. The Morgan fingerprint density at radius 3 is 1.47 bits per heavy atom. The van der Waals surface area contributed by atoms with Crippen LogP contribution in [0.25, 0.3) is 0 Å². The molecule has 4 rings (SSSR count). The Bertz CT molecular complexity index is 1430. The molecule has 4 N–H and O–H groups in total. The highest BCUT2D eigenvalue weighted by molar-refractivity contribution is 5.56. The van der Waals surface area contributed by atoms with Crippen LogP contribution in [0.3, 0.4) is 0 Å². The molecule has 4 nitrogen and oxygen atoms in total. The standard InChI is InChI=1S/C32H34O4/c1-18-12-24(8-11-30(18)34)16-29-22(5)26(14-20(3)32(29)36)17-25-13-19(2)31(35)28(21(25)4)15-23-6-9-27(33)10-7-23/h6-14,33-36H,15-17H2,1-5H3. The van der Waals surface area contributed by atoms with E-state index in [1.54, 1.807) is 18.2 Å². The summed E-state index contributed by atoms with van der Waals surface area (Å²) in [5.74, 6) is 1.12. The molecule has 0 radical (unpaired) electrons. The molecule has 0 amide bonds. The van der Waals surface area contributed by atoms with Crippen molar-refractivity contribution < 1.29 is 20.4 Å². The molecule has 0 aromatic heterocycles. The lowest BCUT2D eigenvalue weighted by molar-refractivity contribution is 0.464. The Morgan fingerprint density at radius 2 is 0.972 bits per heavy atom. The van der Waals surface area contributed by atoms with Gasteiger partial charge in [0.1, 0.15) is 23.0 Å². The predicted octanol–water partition coefficient (Wildman–Crippen LogP) is 6.82. The molecule has 0 unspecified atom stereocenters. The Kier molecular flexibility index (Phi) is 6.98. The number of hydrogen-bond donors (Lipinski definition) is 4. The summed E-state index contributed by atoms with van der Waals surface area (Å²) < 4.78 is 0. The first-order chi connectivity index (χ1) is 17.0. The first-order valence-corrected chi connectivity index (χ1v) is 12.2. The molecule has 0 heterocycles. The van der Waals surface area contributed by atoms with Crippen LogP contribution in [0.5, 0.6) is 23.0 Å². The first-order valence-electron chi connectivity index (χ1n) is 12.2. The molecule has 4 aromatic carbocycles. The molecular formula is C32H34O4. The average Bonchev–Trinajstić information content (AvgIpc) is 2.84. The normalized spacial score (nSPS) is 11.1. The topological polar surface area (TPSA) is 80.9 Å². The summed E-state index contributed by atoms with van der Waals surface area (Å²) >= 11 is 0. The smallest absolute Gasteiger partial charge is 0.122 e. The van der Waals surface area contributed by atoms with E-state index in [0.717, 1.165) is 61.2 Å². The van der Waals surface area contributed by atoms with Crippen LogP contribution in [0.4, 0.5) is 0 Å². The largest absolute Gasteiger partial charge is 0.508 e. The van der Waals surface area contributed by atoms with Gasteiger partial charge in [-0.15, -0.1) is 0 Å². The van der Waals surface area contributed by atoms with Crippen molar-refractivity contribution in [3.05, 3.63) is 116 Å². The minimum absolute atomic E-state index is 0.223. The fraction of sp³-hybridized carbons (Fsp3) is 0.250. The Balaban J connectivity index is 1.72. The zero-order chi connectivity index (χ0) is 26.1. The lowest BCUT2D eigenvalue weighted by Gasteiger charge is -2.20. The van der Waals surface area contributed by atoms with E-state index in [4.69, 9.17) is 0 Å². The van der Waals surface area contributed by atoms with Crippen LogP contribution in [-0.2, 0) is 19.3 Å². The predicted molar refractivity (Wildman–Crippen MR) is 145 cm³/mol. The van der Waals surface area contributed by atoms with E-state index in [0.29, 0.717) is 30.8 Å². The van der Waals surface area contributed by atoms with Crippen molar-refractivity contribution in [1.29, 1.82) is 0 Å². The summed E-state index contributed by atoms with van der Waals surface area (Å²) in [6.45, 7) is 9.82. The second-order valence-corrected chi connectivity index (χ2v) is 9.93. The van der Waals surface area contributed by atoms with Crippen LogP contribution in [0, 0.1) is 34.6 Å². The van der Waals surface area contributed by atoms with Gasteiger partial charge in [0.25, 0.3) is 0 Å². The third-order valence-corrected chi connectivity index (χ3v) is 7.31. The van der Waals surface area contributed by atoms with Crippen LogP contribution < -0.4 is 0 Å². The number of aromatic hydroxyl groups is 4. The van der Waals surface area contributed by atoms with Crippen LogP contribution in [0.15, 0.2) is 54.6 Å². The van der Waals surface area contributed by atoms with E-state index >= 15 is 0 Å². The van der Waals surface area contributed by atoms with Gasteiger partial charge in [-0.3, -0.25) is 0 Å². The summed E-state index contributed by atoms with van der Waals surface area (Å²) in [5.41, 5.74) is 10.7. The maximum absolute atomic E-state index is 10.9. The van der Waals surface area contributed by atoms with Gasteiger partial charge >= 0.3 is 0 Å². The summed E-state index contributed by atoms with van der Waals surface area (Å²) in [6.07, 6.45) is 1.84. The Labute approximate surface area is 213 Å². The number of rotatable bonds is 6. The van der Waals surface area contributed by atoms with E-state index in [-0.39, 0.29) is 11.5 Å². The zero-order valence-corrected chi connectivity index (χ0v) is 21.6. The van der Waals surface area contributed by atoms with Crippen molar-refractivity contribution in [3.8, 4) is 23.0 Å². The molecular weight excluding hydrogens is 448 g/mol. The number of hydrogen-bond acceptors (Lipinski definition) is 4. The maximum atomic E-state index is 10.9. The van der Waals surface area contributed by atoms with Gasteiger partial charge in [0.05, 0.1) is 0 Å². The molecule has 0 aliphatic rings. The third kappa shape index (κ3) is 5.03. The van der Waals surface area contributed by atoms with Crippen molar-refractivity contribution in [1.82, 2.24) is 0 Å². The number of aryl methyl sites for hydroxylation is 3. The van der Waals surface area contributed by atoms with Crippen LogP contribution in [0.2, 0.25) is 0 Å². The molecule has 4 aromatic rings. The van der Waals surface area contributed by atoms with E-state index < -0.39 is 0 Å². The fourth-order valence-electron chi connectivity index (χ4n) is 4.95. The number of benzene rings is 4. The first kappa shape index (κ1) is 25.2. The molecule has 0 bridgehead atoms. The van der Waals surface area contributed by atoms with Gasteiger partial charge in [0.15, 0.2) is 0 Å². The van der Waals surface area contributed by atoms with E-state index in [1.807, 2.05) is 52.0 Å². The maximum Gasteiger partial charge on any atom is 0.122 e. The van der Waals surface area contributed by atoms with Gasteiger partial charge in [-0.05, 0) is 109 Å². The highest BCUT2D eigenvalue weighted by Gasteiger charge is 2.18. The van der Waals surface area contributed by atoms with Crippen LogP contribution in [-0.4, -0.2) is 20.4 Å². The quantitative estimate of drug-likeness (QED) is 0.243. The minimum atomic E-state index is 0.223. The lowest BCUT2D eigenvalue weighted by Crippen LogP contribution is -2.04. The van der Waals surface area contributed by atoms with Crippen molar-refractivity contribution in [3.63, 3.8) is 0 Å². The third-order valence-electron chi connectivity index (χ3n) is 7.31. The van der Waals surface area contributed by atoms with Crippen molar-refractivity contribution in [2.75, 3.05) is 0 Å². The highest BCUT2D eigenvalue weighted by atomic mass is 16.3. The van der Waals surface area contributed by atoms with Crippen molar-refractivity contribution in [2.24, 2.45) is 0 Å². The van der Waals surface area contributed by atoms with E-state index in [2.05, 4.69) is 19.1 Å². The number of phenols is 4. The molecule has 36 heavy (non-hydrogen) atoms. The lowest BCUT2D eigenvalue weighted by atomic mass is 9.86. The highest BCUT2D eigenvalue weighted by Crippen LogP contribution is 2.35. The Morgan fingerprint density at radius 1 is 0.500 bits per heavy atom. The molecule has 186 valence electrons. The molecule has 0 atom stereocenters. The summed E-state index contributed by atoms with van der Waals surface area (Å²) in [6, 6.07) is 16.7. The molecule has 0 fully saturated rings. The number of phenolic OH excluding ortho intramolecular Hbond substituents is 4. The average molecular weight is 483 g/mol. The minimum Gasteiger partial charge on any atom is -0.508 e. The fourth-order valence-corrected chi connectivity index (χ4v) is 4.95. The molecule has 4 heteroatoms. The van der Waals surface area contributed by atoms with Crippen molar-refractivity contribution in [2.45, 2.75) is 53.9 Å².